The van der Waals surface area contributed by atoms with E-state index in [1.165, 1.54) is 27.4 Å². The van der Waals surface area contributed by atoms with Crippen molar-refractivity contribution in [2.24, 2.45) is 0 Å². The Hall–Kier alpha value is -4.12. The maximum Gasteiger partial charge on any atom is 0.352 e. The van der Waals surface area contributed by atoms with Crippen LogP contribution >= 0.6 is 0 Å². The smallest absolute Gasteiger partial charge is 0.352 e. The molecule has 3 rings (SSSR count). The maximum absolute atomic E-state index is 13.4. The highest BCUT2D eigenvalue weighted by Gasteiger charge is 2.21. The summed E-state index contributed by atoms with van der Waals surface area (Å²) in [7, 11) is 6.02. The van der Waals surface area contributed by atoms with Crippen LogP contribution in [0.3, 0.4) is 0 Å². The second-order valence-electron chi connectivity index (χ2n) is 7.43. The van der Waals surface area contributed by atoms with E-state index >= 15 is 0 Å². The van der Waals surface area contributed by atoms with E-state index in [1.54, 1.807) is 43.5 Å². The summed E-state index contributed by atoms with van der Waals surface area (Å²) in [5, 5.41) is 6.76. The largest absolute Gasteiger partial charge is 0.497 e. The van der Waals surface area contributed by atoms with Gasteiger partial charge in [0.2, 0.25) is 5.69 Å². The molecule has 3 aromatic rings. The molecule has 1 heterocycles. The van der Waals surface area contributed by atoms with Gasteiger partial charge in [-0.1, -0.05) is 12.1 Å². The molecule has 0 saturated carbocycles. The predicted octanol–water partition coefficient (Wildman–Crippen LogP) is 1.23. The van der Waals surface area contributed by atoms with Gasteiger partial charge in [-0.2, -0.15) is 9.78 Å². The molecule has 0 spiro atoms. The monoisotopic (exact) mass is 484 g/mol. The van der Waals surface area contributed by atoms with Crippen molar-refractivity contribution in [2.45, 2.75) is 13.0 Å². The minimum atomic E-state index is -0.807. The third-order valence-corrected chi connectivity index (χ3v) is 5.17. The van der Waals surface area contributed by atoms with Crippen molar-refractivity contribution >= 4 is 5.91 Å². The number of nitrogens with zero attached hydrogens (tertiary/aromatic N) is 3. The first-order chi connectivity index (χ1) is 16.9. The highest BCUT2D eigenvalue weighted by atomic mass is 16.5. The lowest BCUT2D eigenvalue weighted by atomic mass is 10.2. The molecule has 1 aromatic heterocycles. The van der Waals surface area contributed by atoms with Gasteiger partial charge >= 0.3 is 5.69 Å². The zero-order chi connectivity index (χ0) is 25.4. The Kier molecular flexibility index (Phi) is 8.63. The second kappa shape index (κ2) is 11.8. The lowest BCUT2D eigenvalue weighted by Gasteiger charge is -2.14. The summed E-state index contributed by atoms with van der Waals surface area (Å²) in [5.74, 6) is 0.681. The third-order valence-electron chi connectivity index (χ3n) is 5.17. The fourth-order valence-corrected chi connectivity index (χ4v) is 3.38. The summed E-state index contributed by atoms with van der Waals surface area (Å²) < 4.78 is 22.7. The molecular weight excluding hydrogens is 456 g/mol. The number of amides is 1. The number of carbonyl (C=O) groups is 1. The molecule has 0 aliphatic carbocycles. The van der Waals surface area contributed by atoms with Gasteiger partial charge < -0.3 is 24.3 Å². The molecule has 1 N–H and O–H groups in total. The zero-order valence-corrected chi connectivity index (χ0v) is 20.1. The molecule has 0 bridgehead atoms. The van der Waals surface area contributed by atoms with Gasteiger partial charge in [-0.05, 0) is 36.2 Å². The van der Waals surface area contributed by atoms with E-state index < -0.39 is 22.9 Å². The normalized spacial score (nSPS) is 10.6. The number of nitrogens with one attached hydrogen (secondary N) is 1. The topological polar surface area (TPSA) is 123 Å². The Morgan fingerprint density at radius 2 is 1.74 bits per heavy atom. The first-order valence-corrected chi connectivity index (χ1v) is 10.8. The standard InChI is InChI=1S/C24H28N4O7/c1-32-12-6-11-25-22(29)21-23(30)27(15-16-7-5-8-18(13-16)33-2)24(31)28(26-21)17-9-10-19(34-3)20(14-17)35-4/h5,7-10,13-14H,6,11-12,15H2,1-4H3,(H,25,29). The Labute approximate surface area is 201 Å². The number of hydrogen-bond donors (Lipinski definition) is 1. The molecule has 11 nitrogen and oxygen atoms in total. The summed E-state index contributed by atoms with van der Waals surface area (Å²) in [6.45, 7) is 0.632. The first kappa shape index (κ1) is 25.5. The average molecular weight is 485 g/mol. The zero-order valence-electron chi connectivity index (χ0n) is 20.1. The highest BCUT2D eigenvalue weighted by molar-refractivity contribution is 5.91. The van der Waals surface area contributed by atoms with Crippen LogP contribution in [0.2, 0.25) is 0 Å². The minimum Gasteiger partial charge on any atom is -0.497 e. The summed E-state index contributed by atoms with van der Waals surface area (Å²) in [4.78, 5) is 39.4. The molecule has 0 saturated heterocycles. The molecule has 0 aliphatic rings. The van der Waals surface area contributed by atoms with Gasteiger partial charge in [0.1, 0.15) is 5.75 Å². The third kappa shape index (κ3) is 5.87. The highest BCUT2D eigenvalue weighted by Crippen LogP contribution is 2.28. The van der Waals surface area contributed by atoms with Crippen LogP contribution in [0.4, 0.5) is 0 Å². The number of ether oxygens (including phenoxy) is 4. The molecule has 0 fully saturated rings. The van der Waals surface area contributed by atoms with Gasteiger partial charge in [-0.3, -0.25) is 14.2 Å². The molecule has 35 heavy (non-hydrogen) atoms. The van der Waals surface area contributed by atoms with Gasteiger partial charge in [0, 0.05) is 26.3 Å². The van der Waals surface area contributed by atoms with Crippen LogP contribution in [0.5, 0.6) is 17.2 Å². The summed E-state index contributed by atoms with van der Waals surface area (Å²) in [6, 6.07) is 11.7. The lowest BCUT2D eigenvalue weighted by Crippen LogP contribution is -2.46. The van der Waals surface area contributed by atoms with E-state index in [0.717, 1.165) is 9.25 Å². The van der Waals surface area contributed by atoms with Crippen LogP contribution in [-0.2, 0) is 11.3 Å². The quantitative estimate of drug-likeness (QED) is 0.403. The number of carbonyl (C=O) groups excluding carboxylic acids is 1. The van der Waals surface area contributed by atoms with Crippen LogP contribution in [0.15, 0.2) is 52.1 Å². The molecule has 11 heteroatoms. The number of hydrogen-bond acceptors (Lipinski definition) is 8. The molecular formula is C24H28N4O7. The van der Waals surface area contributed by atoms with Crippen molar-refractivity contribution in [1.82, 2.24) is 19.7 Å². The first-order valence-electron chi connectivity index (χ1n) is 10.8. The van der Waals surface area contributed by atoms with Gasteiger partial charge in [-0.25, -0.2) is 4.79 Å². The predicted molar refractivity (Wildman–Crippen MR) is 128 cm³/mol. The van der Waals surface area contributed by atoms with Crippen LogP contribution in [-0.4, -0.2) is 61.8 Å². The SMILES string of the molecule is COCCCNC(=O)c1nn(-c2ccc(OC)c(OC)c2)c(=O)n(Cc2cccc(OC)c2)c1=O. The Morgan fingerprint density at radius 3 is 2.43 bits per heavy atom. The van der Waals surface area contributed by atoms with E-state index in [-0.39, 0.29) is 13.1 Å². The van der Waals surface area contributed by atoms with Gasteiger partial charge in [0.15, 0.2) is 11.5 Å². The van der Waals surface area contributed by atoms with Crippen LogP contribution in [0.1, 0.15) is 22.5 Å². The molecule has 0 unspecified atom stereocenters. The van der Waals surface area contributed by atoms with Crippen molar-refractivity contribution in [2.75, 3.05) is 41.6 Å². The van der Waals surface area contributed by atoms with E-state index in [4.69, 9.17) is 18.9 Å². The van der Waals surface area contributed by atoms with Gasteiger partial charge in [-0.15, -0.1) is 0 Å². The number of aromatic nitrogens is 3. The fraction of sp³-hybridized carbons (Fsp3) is 0.333. The molecule has 0 radical (unpaired) electrons. The summed E-state index contributed by atoms with van der Waals surface area (Å²) >= 11 is 0. The lowest BCUT2D eigenvalue weighted by molar-refractivity contribution is 0.0938. The molecule has 2 aromatic carbocycles. The van der Waals surface area contributed by atoms with Crippen molar-refractivity contribution in [3.05, 3.63) is 74.6 Å². The fourth-order valence-electron chi connectivity index (χ4n) is 3.38. The number of benzene rings is 2. The van der Waals surface area contributed by atoms with Crippen LogP contribution < -0.4 is 30.8 Å². The van der Waals surface area contributed by atoms with E-state index in [2.05, 4.69) is 10.4 Å². The minimum absolute atomic E-state index is 0.0887. The molecule has 1 amide bonds. The Bertz CT molecular complexity index is 1300. The number of methoxy groups -OCH3 is 4. The van der Waals surface area contributed by atoms with Crippen molar-refractivity contribution in [3.63, 3.8) is 0 Å². The van der Waals surface area contributed by atoms with Gasteiger partial charge in [0.25, 0.3) is 11.5 Å². The van der Waals surface area contributed by atoms with E-state index in [9.17, 15) is 14.4 Å². The molecule has 0 aliphatic heterocycles. The van der Waals surface area contributed by atoms with Crippen LogP contribution in [0.25, 0.3) is 5.69 Å². The summed E-state index contributed by atoms with van der Waals surface area (Å²) in [6.07, 6.45) is 0.551. The van der Waals surface area contributed by atoms with Crippen molar-refractivity contribution in [3.8, 4) is 22.9 Å². The average Bonchev–Trinajstić information content (AvgIpc) is 2.88. The number of rotatable bonds is 11. The van der Waals surface area contributed by atoms with E-state index in [1.807, 2.05) is 0 Å². The molecule has 186 valence electrons. The van der Waals surface area contributed by atoms with Crippen LogP contribution in [0, 0.1) is 0 Å². The van der Waals surface area contributed by atoms with Gasteiger partial charge in [0.05, 0.1) is 33.6 Å². The molecule has 0 atom stereocenters. The summed E-state index contributed by atoms with van der Waals surface area (Å²) in [5.41, 5.74) is -1.01. The van der Waals surface area contributed by atoms with Crippen molar-refractivity contribution < 1.29 is 23.7 Å². The second-order valence-corrected chi connectivity index (χ2v) is 7.43. The van der Waals surface area contributed by atoms with E-state index in [0.29, 0.717) is 41.5 Å². The van der Waals surface area contributed by atoms with Crippen molar-refractivity contribution in [1.29, 1.82) is 0 Å². The maximum atomic E-state index is 13.4. The Morgan fingerprint density at radius 1 is 0.971 bits per heavy atom. The Balaban J connectivity index is 2.14.